The van der Waals surface area contributed by atoms with Crippen LogP contribution in [0.5, 0.6) is 0 Å². The number of allylic oxidation sites excluding steroid dienone is 1. The smallest absolute Gasteiger partial charge is 0.391 e. The first-order valence-corrected chi connectivity index (χ1v) is 7.00. The van der Waals surface area contributed by atoms with Crippen LogP contribution in [0.3, 0.4) is 0 Å². The van der Waals surface area contributed by atoms with Crippen molar-refractivity contribution in [2.45, 2.75) is 38.6 Å². The lowest BCUT2D eigenvalue weighted by atomic mass is 9.97. The average molecular weight is 313 g/mol. The number of rotatable bonds is 2. The second kappa shape index (κ2) is 6.12. The summed E-state index contributed by atoms with van der Waals surface area (Å²) in [4.78, 5) is 13.5. The summed E-state index contributed by atoms with van der Waals surface area (Å²) >= 11 is 0. The highest BCUT2D eigenvalue weighted by Gasteiger charge is 2.40. The third kappa shape index (κ3) is 3.50. The molecule has 0 unspecified atom stereocenters. The number of carbonyl (C=O) groups is 1. The highest BCUT2D eigenvalue weighted by Crippen LogP contribution is 2.40. The lowest BCUT2D eigenvalue weighted by Gasteiger charge is -2.26. The number of aliphatic hydroxyl groups is 1. The molecule has 1 aromatic carbocycles. The van der Waals surface area contributed by atoms with Crippen molar-refractivity contribution in [3.63, 3.8) is 0 Å². The molecule has 1 aliphatic heterocycles. The first-order chi connectivity index (χ1) is 10.2. The predicted octanol–water partition coefficient (Wildman–Crippen LogP) is 3.31. The minimum atomic E-state index is -4.49. The second-order valence-corrected chi connectivity index (χ2v) is 5.70. The number of halogens is 3. The lowest BCUT2D eigenvalue weighted by molar-refractivity contribution is -0.139. The number of amides is 1. The van der Waals surface area contributed by atoms with Crippen molar-refractivity contribution in [2.24, 2.45) is 0 Å². The summed E-state index contributed by atoms with van der Waals surface area (Å²) in [6.45, 7) is 3.52. The van der Waals surface area contributed by atoms with Crippen LogP contribution in [0.1, 0.15) is 37.4 Å². The molecule has 1 N–H and O–H groups in total. The summed E-state index contributed by atoms with van der Waals surface area (Å²) in [5.41, 5.74) is 0.0282. The van der Waals surface area contributed by atoms with Crippen molar-refractivity contribution in [3.05, 3.63) is 47.0 Å². The third-order valence-electron chi connectivity index (χ3n) is 3.60. The maximum absolute atomic E-state index is 13.2. The molecule has 0 aliphatic carbocycles. The zero-order valence-electron chi connectivity index (χ0n) is 12.4. The number of hydrogen-bond acceptors (Lipinski definition) is 2. The molecule has 0 spiro atoms. The van der Waals surface area contributed by atoms with E-state index in [1.807, 2.05) is 0 Å². The molecule has 120 valence electrons. The van der Waals surface area contributed by atoms with Crippen molar-refractivity contribution >= 4 is 5.91 Å². The number of β-amino-alcohol motifs (C(OH)–C–C–N with tert-alkyl or cyclic N) is 1. The molecule has 1 fully saturated rings. The minimum Gasteiger partial charge on any atom is -0.391 e. The van der Waals surface area contributed by atoms with E-state index in [1.165, 1.54) is 29.2 Å². The Kier molecular flexibility index (Phi) is 4.60. The SMILES string of the molecule is CC(C)=CC(=O)N1C[C@H](O)C[C@H]1c1ccccc1C(F)(F)F. The number of benzene rings is 1. The summed E-state index contributed by atoms with van der Waals surface area (Å²) in [5, 5.41) is 9.81. The van der Waals surface area contributed by atoms with E-state index in [-0.39, 0.29) is 24.4 Å². The van der Waals surface area contributed by atoms with Crippen molar-refractivity contribution in [2.75, 3.05) is 6.54 Å². The molecular formula is C16H18F3NO2. The third-order valence-corrected chi connectivity index (χ3v) is 3.60. The minimum absolute atomic E-state index is 0.0297. The Morgan fingerprint density at radius 3 is 2.55 bits per heavy atom. The average Bonchev–Trinajstić information content (AvgIpc) is 2.79. The quantitative estimate of drug-likeness (QED) is 0.851. The number of alkyl halides is 3. The van der Waals surface area contributed by atoms with E-state index >= 15 is 0 Å². The normalized spacial score (nSPS) is 21.8. The zero-order chi connectivity index (χ0) is 16.5. The second-order valence-electron chi connectivity index (χ2n) is 5.70. The van der Waals surface area contributed by atoms with E-state index in [1.54, 1.807) is 13.8 Å². The Balaban J connectivity index is 2.42. The summed E-state index contributed by atoms with van der Waals surface area (Å²) in [5.74, 6) is -0.376. The van der Waals surface area contributed by atoms with E-state index in [0.29, 0.717) is 0 Å². The molecule has 1 aliphatic rings. The van der Waals surface area contributed by atoms with Gasteiger partial charge in [0.05, 0.1) is 17.7 Å². The van der Waals surface area contributed by atoms with Gasteiger partial charge in [-0.2, -0.15) is 13.2 Å². The fraction of sp³-hybridized carbons (Fsp3) is 0.438. The number of aliphatic hydroxyl groups excluding tert-OH is 1. The van der Waals surface area contributed by atoms with Crippen LogP contribution in [0.25, 0.3) is 0 Å². The van der Waals surface area contributed by atoms with Gasteiger partial charge < -0.3 is 10.0 Å². The molecule has 1 saturated heterocycles. The van der Waals surface area contributed by atoms with E-state index in [2.05, 4.69) is 0 Å². The van der Waals surface area contributed by atoms with E-state index < -0.39 is 23.9 Å². The number of carbonyl (C=O) groups excluding carboxylic acids is 1. The van der Waals surface area contributed by atoms with E-state index in [4.69, 9.17) is 0 Å². The van der Waals surface area contributed by atoms with Crippen LogP contribution in [-0.4, -0.2) is 28.6 Å². The maximum Gasteiger partial charge on any atom is 0.416 e. The summed E-state index contributed by atoms with van der Waals surface area (Å²) in [7, 11) is 0. The number of hydrogen-bond donors (Lipinski definition) is 1. The molecular weight excluding hydrogens is 295 g/mol. The van der Waals surface area contributed by atoms with Crippen molar-refractivity contribution in [1.29, 1.82) is 0 Å². The Labute approximate surface area is 127 Å². The topological polar surface area (TPSA) is 40.5 Å². The van der Waals surface area contributed by atoms with Crippen LogP contribution < -0.4 is 0 Å². The Bertz CT molecular complexity index is 591. The van der Waals surface area contributed by atoms with Gasteiger partial charge in [-0.1, -0.05) is 23.8 Å². The molecule has 1 heterocycles. The maximum atomic E-state index is 13.2. The van der Waals surface area contributed by atoms with Crippen LogP contribution in [0.15, 0.2) is 35.9 Å². The van der Waals surface area contributed by atoms with Gasteiger partial charge in [0.25, 0.3) is 0 Å². The van der Waals surface area contributed by atoms with Gasteiger partial charge in [-0.3, -0.25) is 4.79 Å². The number of nitrogens with zero attached hydrogens (tertiary/aromatic N) is 1. The zero-order valence-corrected chi connectivity index (χ0v) is 12.4. The van der Waals surface area contributed by atoms with Crippen molar-refractivity contribution < 1.29 is 23.1 Å². The molecule has 2 atom stereocenters. The van der Waals surface area contributed by atoms with Crippen LogP contribution in [0, 0.1) is 0 Å². The van der Waals surface area contributed by atoms with Crippen LogP contribution in [-0.2, 0) is 11.0 Å². The molecule has 1 aromatic rings. The molecule has 6 heteroatoms. The molecule has 0 radical (unpaired) electrons. The van der Waals surface area contributed by atoms with Gasteiger partial charge in [0.15, 0.2) is 0 Å². The van der Waals surface area contributed by atoms with Crippen molar-refractivity contribution in [3.8, 4) is 0 Å². The molecule has 2 rings (SSSR count). The van der Waals surface area contributed by atoms with Gasteiger partial charge in [0.2, 0.25) is 5.91 Å². The highest BCUT2D eigenvalue weighted by atomic mass is 19.4. The molecule has 0 aromatic heterocycles. The standard InChI is InChI=1S/C16H18F3NO2/c1-10(2)7-15(22)20-9-11(21)8-14(20)12-5-3-4-6-13(12)16(17,18)19/h3-7,11,14,21H,8-9H2,1-2H3/t11-,14+/m1/s1. The Hall–Kier alpha value is -1.82. The largest absolute Gasteiger partial charge is 0.416 e. The first kappa shape index (κ1) is 16.5. The van der Waals surface area contributed by atoms with Gasteiger partial charge in [0, 0.05) is 12.6 Å². The molecule has 0 saturated carbocycles. The van der Waals surface area contributed by atoms with Gasteiger partial charge >= 0.3 is 6.18 Å². The molecule has 0 bridgehead atoms. The Morgan fingerprint density at radius 2 is 1.95 bits per heavy atom. The molecule has 22 heavy (non-hydrogen) atoms. The van der Waals surface area contributed by atoms with Crippen molar-refractivity contribution in [1.82, 2.24) is 4.90 Å². The summed E-state index contributed by atoms with van der Waals surface area (Å²) in [6, 6.07) is 4.44. The fourth-order valence-corrected chi connectivity index (χ4v) is 2.73. The Morgan fingerprint density at radius 1 is 1.32 bits per heavy atom. The highest BCUT2D eigenvalue weighted by molar-refractivity contribution is 5.88. The van der Waals surface area contributed by atoms with Gasteiger partial charge in [0.1, 0.15) is 0 Å². The van der Waals surface area contributed by atoms with Gasteiger partial charge in [-0.15, -0.1) is 0 Å². The first-order valence-electron chi connectivity index (χ1n) is 7.00. The number of likely N-dealkylation sites (tertiary alicyclic amines) is 1. The van der Waals surface area contributed by atoms with Crippen LogP contribution in [0.4, 0.5) is 13.2 Å². The lowest BCUT2D eigenvalue weighted by Crippen LogP contribution is -2.31. The van der Waals surface area contributed by atoms with Crippen LogP contribution >= 0.6 is 0 Å². The molecule has 3 nitrogen and oxygen atoms in total. The van der Waals surface area contributed by atoms with Gasteiger partial charge in [-0.05, 0) is 31.9 Å². The van der Waals surface area contributed by atoms with E-state index in [9.17, 15) is 23.1 Å². The fourth-order valence-electron chi connectivity index (χ4n) is 2.73. The molecule has 1 amide bonds. The monoisotopic (exact) mass is 313 g/mol. The van der Waals surface area contributed by atoms with Gasteiger partial charge in [-0.25, -0.2) is 0 Å². The van der Waals surface area contributed by atoms with Crippen LogP contribution in [0.2, 0.25) is 0 Å². The predicted molar refractivity (Wildman–Crippen MR) is 76.0 cm³/mol. The van der Waals surface area contributed by atoms with E-state index in [0.717, 1.165) is 11.6 Å². The summed E-state index contributed by atoms with van der Waals surface area (Å²) in [6.07, 6.45) is -3.83. The summed E-state index contributed by atoms with van der Waals surface area (Å²) < 4.78 is 39.5.